The van der Waals surface area contributed by atoms with Crippen molar-refractivity contribution in [3.63, 3.8) is 0 Å². The predicted molar refractivity (Wildman–Crippen MR) is 133 cm³/mol. The fourth-order valence-electron chi connectivity index (χ4n) is 4.57. The highest BCUT2D eigenvalue weighted by atomic mass is 16.5. The van der Waals surface area contributed by atoms with Crippen LogP contribution in [0.4, 0.5) is 0 Å². The van der Waals surface area contributed by atoms with E-state index >= 15 is 0 Å². The zero-order valence-corrected chi connectivity index (χ0v) is 19.8. The zero-order chi connectivity index (χ0) is 24.6. The average Bonchev–Trinajstić information content (AvgIpc) is 3.49. The number of benzene rings is 2. The molecule has 2 fully saturated rings. The van der Waals surface area contributed by atoms with Crippen LogP contribution in [-0.4, -0.2) is 36.1 Å². The number of rotatable bonds is 9. The molecule has 5 rings (SSSR count). The number of carbonyl (C=O) groups excluding carboxylic acids is 2. The Morgan fingerprint density at radius 1 is 1.11 bits per heavy atom. The maximum Gasteiger partial charge on any atom is 0.287 e. The Kier molecular flexibility index (Phi) is 6.00. The van der Waals surface area contributed by atoms with Gasteiger partial charge < -0.3 is 19.6 Å². The smallest absolute Gasteiger partial charge is 0.287 e. The van der Waals surface area contributed by atoms with Gasteiger partial charge in [0.05, 0.1) is 19.3 Å². The fraction of sp³-hybridized carbons (Fsp3) is 0.379. The molecule has 0 spiro atoms. The second-order valence-corrected chi connectivity index (χ2v) is 9.85. The van der Waals surface area contributed by atoms with E-state index in [1.807, 2.05) is 49.4 Å². The van der Waals surface area contributed by atoms with Crippen molar-refractivity contribution in [2.24, 2.45) is 5.41 Å². The van der Waals surface area contributed by atoms with Crippen molar-refractivity contribution >= 4 is 22.7 Å². The normalized spacial score (nSPS) is 18.3. The van der Waals surface area contributed by atoms with Crippen molar-refractivity contribution < 1.29 is 23.8 Å². The van der Waals surface area contributed by atoms with Gasteiger partial charge >= 0.3 is 0 Å². The van der Waals surface area contributed by atoms with Crippen LogP contribution < -0.4 is 5.32 Å². The molecule has 1 aromatic heterocycles. The Hall–Kier alpha value is -3.40. The highest BCUT2D eigenvalue weighted by molar-refractivity contribution is 5.99. The summed E-state index contributed by atoms with van der Waals surface area (Å²) >= 11 is 0. The number of hydrogen-bond donors (Lipinski definition) is 2. The lowest BCUT2D eigenvalue weighted by molar-refractivity contribution is -0.184. The van der Waals surface area contributed by atoms with Gasteiger partial charge in [-0.15, -0.1) is 6.42 Å². The number of ketones is 1. The van der Waals surface area contributed by atoms with Gasteiger partial charge in [-0.1, -0.05) is 55.7 Å². The molecule has 0 unspecified atom stereocenters. The van der Waals surface area contributed by atoms with Gasteiger partial charge in [-0.05, 0) is 48.1 Å². The number of nitrogens with one attached hydrogen (secondary N) is 1. The van der Waals surface area contributed by atoms with Crippen LogP contribution in [0, 0.1) is 17.8 Å². The molecule has 6 nitrogen and oxygen atoms in total. The van der Waals surface area contributed by atoms with Gasteiger partial charge in [0.2, 0.25) is 0 Å². The summed E-state index contributed by atoms with van der Waals surface area (Å²) in [5, 5.41) is 14.1. The highest BCUT2D eigenvalue weighted by Gasteiger charge is 2.44. The molecular formula is C29H29NO5. The van der Waals surface area contributed by atoms with Crippen molar-refractivity contribution in [1.82, 2.24) is 5.32 Å². The van der Waals surface area contributed by atoms with E-state index in [1.165, 1.54) is 0 Å². The minimum absolute atomic E-state index is 0.0179. The third kappa shape index (κ3) is 4.62. The van der Waals surface area contributed by atoms with Crippen molar-refractivity contribution in [2.45, 2.75) is 50.7 Å². The number of aliphatic hydroxyl groups is 1. The molecule has 0 bridgehead atoms. The molecule has 6 heteroatoms. The Morgan fingerprint density at radius 2 is 1.83 bits per heavy atom. The van der Waals surface area contributed by atoms with Crippen LogP contribution in [0.3, 0.4) is 0 Å². The third-order valence-electron chi connectivity index (χ3n) is 7.12. The molecule has 1 aliphatic carbocycles. The van der Waals surface area contributed by atoms with Crippen LogP contribution in [0.15, 0.2) is 52.9 Å². The third-order valence-corrected chi connectivity index (χ3v) is 7.12. The minimum Gasteiger partial charge on any atom is -0.451 e. The maximum atomic E-state index is 12.9. The van der Waals surface area contributed by atoms with Gasteiger partial charge in [0.15, 0.2) is 11.5 Å². The molecule has 1 aliphatic heterocycles. The van der Waals surface area contributed by atoms with E-state index in [0.29, 0.717) is 31.6 Å². The number of fused-ring (bicyclic) bond motifs is 1. The van der Waals surface area contributed by atoms with Crippen LogP contribution in [0.1, 0.15) is 55.1 Å². The topological polar surface area (TPSA) is 88.8 Å². The first kappa shape index (κ1) is 23.3. The van der Waals surface area contributed by atoms with Gasteiger partial charge in [-0.2, -0.15) is 0 Å². The molecule has 2 aliphatic rings. The summed E-state index contributed by atoms with van der Waals surface area (Å²) in [6.45, 7) is 2.60. The summed E-state index contributed by atoms with van der Waals surface area (Å²) in [5.41, 5.74) is 2.11. The van der Waals surface area contributed by atoms with E-state index in [1.54, 1.807) is 6.07 Å². The first-order valence-electron chi connectivity index (χ1n) is 12.1. The maximum absolute atomic E-state index is 12.9. The van der Waals surface area contributed by atoms with E-state index < -0.39 is 17.6 Å². The molecule has 1 saturated heterocycles. The lowest BCUT2D eigenvalue weighted by Gasteiger charge is -2.36. The number of carbonyl (C=O) groups is 2. The summed E-state index contributed by atoms with van der Waals surface area (Å²) in [6, 6.07) is 14.6. The molecule has 2 heterocycles. The summed E-state index contributed by atoms with van der Waals surface area (Å²) in [6.07, 6.45) is 8.97. The van der Waals surface area contributed by atoms with Crippen molar-refractivity contribution in [2.75, 3.05) is 13.2 Å². The molecule has 35 heavy (non-hydrogen) atoms. The Balaban J connectivity index is 1.31. The summed E-state index contributed by atoms with van der Waals surface area (Å²) < 4.78 is 11.0. The number of terminal acetylenes is 1. The Bertz CT molecular complexity index is 1310. The van der Waals surface area contributed by atoms with Gasteiger partial charge in [-0.3, -0.25) is 9.59 Å². The molecule has 180 valence electrons. The lowest BCUT2D eigenvalue weighted by Crippen LogP contribution is -2.46. The van der Waals surface area contributed by atoms with Crippen LogP contribution in [-0.2, 0) is 15.1 Å². The largest absolute Gasteiger partial charge is 0.451 e. The number of Topliss-reactive ketones (excluding diaryl/α,β-unsaturated/α-hetero) is 1. The summed E-state index contributed by atoms with van der Waals surface area (Å²) in [4.78, 5) is 25.8. The molecule has 3 aromatic rings. The molecule has 2 N–H and O–H groups in total. The van der Waals surface area contributed by atoms with Crippen molar-refractivity contribution in [1.29, 1.82) is 0 Å². The molecular weight excluding hydrogens is 442 g/mol. The summed E-state index contributed by atoms with van der Waals surface area (Å²) in [5.74, 6) is 2.50. The standard InChI is InChI=1S/C29H29NO5/c1-3-5-23(24(31)16-28(4-2)12-13-28)30-27(32)26-15-21-7-6-20(14-25(21)35-26)19-8-10-22(11-9-19)29(33)17-34-18-29/h2,6-11,14-15,23,33H,3,5,12-13,16-18H2,1H3,(H,30,32)/t23-/m0/s1. The van der Waals surface area contributed by atoms with Gasteiger partial charge in [-0.25, -0.2) is 0 Å². The molecule has 0 radical (unpaired) electrons. The minimum atomic E-state index is -0.900. The Morgan fingerprint density at radius 3 is 2.43 bits per heavy atom. The molecule has 1 atom stereocenters. The highest BCUT2D eigenvalue weighted by Crippen LogP contribution is 2.48. The second kappa shape index (κ2) is 8.99. The first-order valence-corrected chi connectivity index (χ1v) is 12.1. The number of ether oxygens (including phenoxy) is 1. The summed E-state index contributed by atoms with van der Waals surface area (Å²) in [7, 11) is 0. The van der Waals surface area contributed by atoms with Crippen LogP contribution in [0.2, 0.25) is 0 Å². The van der Waals surface area contributed by atoms with Crippen LogP contribution in [0.5, 0.6) is 0 Å². The first-order chi connectivity index (χ1) is 16.8. The quantitative estimate of drug-likeness (QED) is 0.446. The van der Waals surface area contributed by atoms with Crippen LogP contribution in [0.25, 0.3) is 22.1 Å². The SMILES string of the molecule is C#CC1(CC(=O)[C@H](CCC)NC(=O)c2cc3ccc(-c4ccc(C5(O)COC5)cc4)cc3o2)CC1. The number of amides is 1. The predicted octanol–water partition coefficient (Wildman–Crippen LogP) is 4.59. The zero-order valence-electron chi connectivity index (χ0n) is 19.8. The molecule has 2 aromatic carbocycles. The van der Waals surface area contributed by atoms with E-state index in [4.69, 9.17) is 15.6 Å². The number of hydrogen-bond acceptors (Lipinski definition) is 5. The molecule has 1 saturated carbocycles. The van der Waals surface area contributed by atoms with E-state index in [9.17, 15) is 14.7 Å². The fourth-order valence-corrected chi connectivity index (χ4v) is 4.57. The molecule has 1 amide bonds. The Labute approximate surface area is 204 Å². The van der Waals surface area contributed by atoms with Gasteiger partial charge in [0.1, 0.15) is 11.2 Å². The lowest BCUT2D eigenvalue weighted by atomic mass is 9.90. The van der Waals surface area contributed by atoms with E-state index in [2.05, 4.69) is 11.2 Å². The monoisotopic (exact) mass is 471 g/mol. The van der Waals surface area contributed by atoms with Crippen molar-refractivity contribution in [3.8, 4) is 23.5 Å². The van der Waals surface area contributed by atoms with Crippen LogP contribution >= 0.6 is 0 Å². The van der Waals surface area contributed by atoms with Gasteiger partial charge in [0, 0.05) is 17.2 Å². The van der Waals surface area contributed by atoms with E-state index in [-0.39, 0.29) is 17.0 Å². The van der Waals surface area contributed by atoms with Gasteiger partial charge in [0.25, 0.3) is 5.91 Å². The average molecular weight is 472 g/mol. The van der Waals surface area contributed by atoms with E-state index in [0.717, 1.165) is 41.3 Å². The number of furan rings is 1. The van der Waals surface area contributed by atoms with Crippen molar-refractivity contribution in [3.05, 3.63) is 59.9 Å². The second-order valence-electron chi connectivity index (χ2n) is 9.85.